The Morgan fingerprint density at radius 3 is 2.00 bits per heavy atom. The zero-order valence-electron chi connectivity index (χ0n) is 16.7. The van der Waals surface area contributed by atoms with E-state index in [0.717, 1.165) is 6.42 Å². The summed E-state index contributed by atoms with van der Waals surface area (Å²) in [6, 6.07) is 0.536. The molecule has 2 unspecified atom stereocenters. The van der Waals surface area contributed by atoms with Crippen molar-refractivity contribution in [1.82, 2.24) is 4.90 Å². The summed E-state index contributed by atoms with van der Waals surface area (Å²) in [5.41, 5.74) is -4.07. The largest absolute Gasteiger partial charge is 0.416 e. The van der Waals surface area contributed by atoms with Crippen LogP contribution in [0.4, 0.5) is 32.0 Å². The van der Waals surface area contributed by atoms with Gasteiger partial charge in [-0.05, 0) is 48.3 Å². The van der Waals surface area contributed by atoms with Gasteiger partial charge < -0.3 is 10.2 Å². The lowest BCUT2D eigenvalue weighted by Crippen LogP contribution is -2.43. The van der Waals surface area contributed by atoms with Crippen LogP contribution in [0, 0.1) is 10.8 Å². The zero-order chi connectivity index (χ0) is 22.7. The first-order valence-corrected chi connectivity index (χ1v) is 9.41. The Morgan fingerprint density at radius 2 is 1.50 bits per heavy atom. The predicted molar refractivity (Wildman–Crippen MR) is 96.3 cm³/mol. The summed E-state index contributed by atoms with van der Waals surface area (Å²) in [7, 11) is 0. The molecule has 1 aliphatic heterocycles. The molecule has 4 nitrogen and oxygen atoms in total. The molecule has 2 bridgehead atoms. The Labute approximate surface area is 169 Å². The SMILES string of the molecule is CC1(C)CC2CC(C)(CN2C(=O)C(=O)Nc2cc(C(F)(F)F)cc(C(F)(F)F)c2)C1. The highest BCUT2D eigenvalue weighted by atomic mass is 19.4. The van der Waals surface area contributed by atoms with E-state index < -0.39 is 41.0 Å². The Hall–Kier alpha value is -2.26. The molecule has 2 amide bonds. The van der Waals surface area contributed by atoms with Crippen LogP contribution < -0.4 is 5.32 Å². The fraction of sp³-hybridized carbons (Fsp3) is 0.600. The molecule has 10 heteroatoms. The third-order valence-electron chi connectivity index (χ3n) is 5.72. The summed E-state index contributed by atoms with van der Waals surface area (Å²) < 4.78 is 77.9. The van der Waals surface area contributed by atoms with E-state index in [2.05, 4.69) is 13.8 Å². The lowest BCUT2D eigenvalue weighted by Gasteiger charge is -2.39. The third kappa shape index (κ3) is 4.57. The first-order chi connectivity index (χ1) is 13.5. The number of alkyl halides is 6. The van der Waals surface area contributed by atoms with Crippen molar-refractivity contribution >= 4 is 17.5 Å². The smallest absolute Gasteiger partial charge is 0.331 e. The molecule has 1 N–H and O–H groups in total. The van der Waals surface area contributed by atoms with Crippen molar-refractivity contribution in [3.8, 4) is 0 Å². The van der Waals surface area contributed by atoms with Crippen molar-refractivity contribution < 1.29 is 35.9 Å². The highest BCUT2D eigenvalue weighted by Crippen LogP contribution is 2.52. The van der Waals surface area contributed by atoms with Crippen LogP contribution in [0.1, 0.15) is 51.2 Å². The van der Waals surface area contributed by atoms with Crippen LogP contribution in [0.15, 0.2) is 18.2 Å². The maximum Gasteiger partial charge on any atom is 0.416 e. The second-order valence-corrected chi connectivity index (χ2v) is 9.40. The average Bonchev–Trinajstić information content (AvgIpc) is 2.81. The molecule has 1 saturated carbocycles. The maximum atomic E-state index is 13.0. The number of fused-ring (bicyclic) bond motifs is 2. The molecule has 1 aliphatic carbocycles. The van der Waals surface area contributed by atoms with Gasteiger partial charge in [0.15, 0.2) is 0 Å². The van der Waals surface area contributed by atoms with Gasteiger partial charge in [-0.2, -0.15) is 26.3 Å². The molecule has 30 heavy (non-hydrogen) atoms. The number of nitrogens with zero attached hydrogens (tertiary/aromatic N) is 1. The van der Waals surface area contributed by atoms with Crippen molar-refractivity contribution in [1.29, 1.82) is 0 Å². The van der Waals surface area contributed by atoms with Gasteiger partial charge in [-0.3, -0.25) is 9.59 Å². The second kappa shape index (κ2) is 6.88. The number of amides is 2. The van der Waals surface area contributed by atoms with Crippen LogP contribution in [-0.2, 0) is 21.9 Å². The number of hydrogen-bond donors (Lipinski definition) is 1. The van der Waals surface area contributed by atoms with E-state index in [4.69, 9.17) is 0 Å². The Bertz CT molecular complexity index is 845. The van der Waals surface area contributed by atoms with Gasteiger partial charge in [0, 0.05) is 18.3 Å². The minimum Gasteiger partial charge on any atom is -0.331 e. The van der Waals surface area contributed by atoms with E-state index in [-0.39, 0.29) is 22.9 Å². The number of halogens is 6. The standard InChI is InChI=1S/C20H22F6N2O2/c1-17(2)7-14-8-18(3,9-17)10-28(14)16(30)15(29)27-13-5-11(19(21,22)23)4-12(6-13)20(24,25)26/h4-6,14H,7-10H2,1-3H3,(H,27,29). The van der Waals surface area contributed by atoms with Gasteiger partial charge >= 0.3 is 24.2 Å². The molecule has 0 aromatic heterocycles. The molecule has 3 rings (SSSR count). The molecular formula is C20H22F6N2O2. The number of likely N-dealkylation sites (tertiary alicyclic amines) is 1. The molecule has 1 heterocycles. The predicted octanol–water partition coefficient (Wildman–Crippen LogP) is 5.09. The molecule has 1 aromatic rings. The molecular weight excluding hydrogens is 414 g/mol. The van der Waals surface area contributed by atoms with Crippen LogP contribution in [0.25, 0.3) is 0 Å². The van der Waals surface area contributed by atoms with E-state index in [0.29, 0.717) is 31.5 Å². The Morgan fingerprint density at radius 1 is 0.967 bits per heavy atom. The minimum atomic E-state index is -5.04. The number of carbonyl (C=O) groups is 2. The van der Waals surface area contributed by atoms with Gasteiger partial charge in [-0.25, -0.2) is 0 Å². The topological polar surface area (TPSA) is 49.4 Å². The first kappa shape index (κ1) is 22.4. The Balaban J connectivity index is 1.83. The van der Waals surface area contributed by atoms with Crippen LogP contribution in [0.5, 0.6) is 0 Å². The molecule has 0 spiro atoms. The quantitative estimate of drug-likeness (QED) is 0.493. The summed E-state index contributed by atoms with van der Waals surface area (Å²) in [6.07, 6.45) is -7.86. The molecule has 1 aromatic carbocycles. The molecule has 2 fully saturated rings. The van der Waals surface area contributed by atoms with Crippen molar-refractivity contribution in [3.63, 3.8) is 0 Å². The summed E-state index contributed by atoms with van der Waals surface area (Å²) in [4.78, 5) is 26.5. The van der Waals surface area contributed by atoms with Crippen LogP contribution >= 0.6 is 0 Å². The molecule has 2 aliphatic rings. The van der Waals surface area contributed by atoms with Gasteiger partial charge in [-0.1, -0.05) is 20.8 Å². The van der Waals surface area contributed by atoms with Gasteiger partial charge in [0.1, 0.15) is 0 Å². The second-order valence-electron chi connectivity index (χ2n) is 9.40. The van der Waals surface area contributed by atoms with E-state index in [1.54, 1.807) is 0 Å². The van der Waals surface area contributed by atoms with Gasteiger partial charge in [-0.15, -0.1) is 0 Å². The van der Waals surface area contributed by atoms with E-state index in [1.807, 2.05) is 12.2 Å². The Kier molecular flexibility index (Phi) is 5.14. The third-order valence-corrected chi connectivity index (χ3v) is 5.72. The molecule has 166 valence electrons. The lowest BCUT2D eigenvalue weighted by atomic mass is 9.65. The number of rotatable bonds is 1. The van der Waals surface area contributed by atoms with Crippen molar-refractivity contribution in [2.45, 2.75) is 58.4 Å². The highest BCUT2D eigenvalue weighted by Gasteiger charge is 2.51. The normalized spacial score (nSPS) is 25.9. The molecule has 2 atom stereocenters. The van der Waals surface area contributed by atoms with E-state index in [9.17, 15) is 35.9 Å². The first-order valence-electron chi connectivity index (χ1n) is 9.41. The number of carbonyl (C=O) groups excluding carboxylic acids is 2. The molecule has 0 radical (unpaired) electrons. The van der Waals surface area contributed by atoms with E-state index in [1.165, 1.54) is 4.90 Å². The van der Waals surface area contributed by atoms with Gasteiger partial charge in [0.05, 0.1) is 11.1 Å². The number of hydrogen-bond acceptors (Lipinski definition) is 2. The van der Waals surface area contributed by atoms with E-state index >= 15 is 0 Å². The van der Waals surface area contributed by atoms with Crippen LogP contribution in [0.2, 0.25) is 0 Å². The summed E-state index contributed by atoms with van der Waals surface area (Å²) >= 11 is 0. The number of nitrogens with one attached hydrogen (secondary N) is 1. The van der Waals surface area contributed by atoms with Gasteiger partial charge in [0.25, 0.3) is 0 Å². The fourth-order valence-electron chi connectivity index (χ4n) is 5.04. The summed E-state index contributed by atoms with van der Waals surface area (Å²) in [5.74, 6) is -2.20. The fourth-order valence-corrected chi connectivity index (χ4v) is 5.04. The lowest BCUT2D eigenvalue weighted by molar-refractivity contribution is -0.144. The maximum absolute atomic E-state index is 13.0. The van der Waals surface area contributed by atoms with Crippen molar-refractivity contribution in [3.05, 3.63) is 29.3 Å². The monoisotopic (exact) mass is 436 g/mol. The number of benzene rings is 1. The van der Waals surface area contributed by atoms with Crippen molar-refractivity contribution in [2.24, 2.45) is 10.8 Å². The minimum absolute atomic E-state index is 0.0359. The van der Waals surface area contributed by atoms with Crippen LogP contribution in [-0.4, -0.2) is 29.3 Å². The summed E-state index contributed by atoms with van der Waals surface area (Å²) in [6.45, 7) is 6.46. The summed E-state index contributed by atoms with van der Waals surface area (Å²) in [5, 5.41) is 1.93. The van der Waals surface area contributed by atoms with Crippen LogP contribution in [0.3, 0.4) is 0 Å². The zero-order valence-corrected chi connectivity index (χ0v) is 16.7. The van der Waals surface area contributed by atoms with Crippen molar-refractivity contribution in [2.75, 3.05) is 11.9 Å². The van der Waals surface area contributed by atoms with Gasteiger partial charge in [0.2, 0.25) is 0 Å². The molecule has 1 saturated heterocycles. The average molecular weight is 436 g/mol. The number of anilines is 1. The highest BCUT2D eigenvalue weighted by molar-refractivity contribution is 6.39.